The maximum atomic E-state index is 12.4. The van der Waals surface area contributed by atoms with E-state index in [1.807, 2.05) is 36.4 Å². The second-order valence-electron chi connectivity index (χ2n) is 7.54. The van der Waals surface area contributed by atoms with E-state index in [-0.39, 0.29) is 17.3 Å². The van der Waals surface area contributed by atoms with Crippen molar-refractivity contribution in [1.29, 1.82) is 0 Å². The van der Waals surface area contributed by atoms with Crippen LogP contribution in [0.25, 0.3) is 0 Å². The first kappa shape index (κ1) is 17.3. The fourth-order valence-electron chi connectivity index (χ4n) is 3.53. The molecule has 0 amide bonds. The van der Waals surface area contributed by atoms with Crippen molar-refractivity contribution in [3.63, 3.8) is 0 Å². The molecule has 1 aliphatic carbocycles. The molecule has 136 valence electrons. The molecule has 0 spiro atoms. The van der Waals surface area contributed by atoms with E-state index in [9.17, 15) is 4.79 Å². The molecule has 2 aromatic rings. The van der Waals surface area contributed by atoms with Crippen LogP contribution in [0.3, 0.4) is 0 Å². The molecule has 26 heavy (non-hydrogen) atoms. The van der Waals surface area contributed by atoms with Crippen LogP contribution in [0.2, 0.25) is 0 Å². The van der Waals surface area contributed by atoms with Gasteiger partial charge >= 0.3 is 5.97 Å². The molecule has 4 heteroatoms. The molecule has 0 bridgehead atoms. The fraction of sp³-hybridized carbons (Fsp3) is 0.409. The molecule has 4 rings (SSSR count). The van der Waals surface area contributed by atoms with Gasteiger partial charge in [-0.2, -0.15) is 0 Å². The van der Waals surface area contributed by atoms with E-state index >= 15 is 0 Å². The lowest BCUT2D eigenvalue weighted by molar-refractivity contribution is -0.147. The maximum absolute atomic E-state index is 12.4. The van der Waals surface area contributed by atoms with Crippen molar-refractivity contribution >= 4 is 5.97 Å². The third-order valence-corrected chi connectivity index (χ3v) is 5.45. The molecule has 1 heterocycles. The van der Waals surface area contributed by atoms with E-state index in [0.29, 0.717) is 33.0 Å². The number of cyclic esters (lactones) is 1. The number of carbonyl (C=O) groups excluding carboxylic acids is 1. The zero-order chi connectivity index (χ0) is 18.0. The van der Waals surface area contributed by atoms with Gasteiger partial charge in [0, 0.05) is 5.41 Å². The Morgan fingerprint density at radius 1 is 0.808 bits per heavy atom. The van der Waals surface area contributed by atoms with Gasteiger partial charge in [-0.25, -0.2) is 0 Å². The molecule has 2 atom stereocenters. The van der Waals surface area contributed by atoms with E-state index < -0.39 is 0 Å². The van der Waals surface area contributed by atoms with Gasteiger partial charge in [0.25, 0.3) is 0 Å². The second-order valence-corrected chi connectivity index (χ2v) is 7.54. The summed E-state index contributed by atoms with van der Waals surface area (Å²) in [6.07, 6.45) is 0.832. The van der Waals surface area contributed by atoms with Crippen molar-refractivity contribution in [3.8, 4) is 0 Å². The molecule has 0 unspecified atom stereocenters. The van der Waals surface area contributed by atoms with Gasteiger partial charge in [-0.15, -0.1) is 0 Å². The average molecular weight is 352 g/mol. The smallest absolute Gasteiger partial charge is 0.309 e. The maximum Gasteiger partial charge on any atom is 0.309 e. The summed E-state index contributed by atoms with van der Waals surface area (Å²) < 4.78 is 17.5. The van der Waals surface area contributed by atoms with Gasteiger partial charge in [-0.05, 0) is 28.7 Å². The largest absolute Gasteiger partial charge is 0.461 e. The van der Waals surface area contributed by atoms with Crippen molar-refractivity contribution in [2.45, 2.75) is 39.8 Å². The van der Waals surface area contributed by atoms with Crippen LogP contribution in [-0.4, -0.2) is 12.6 Å². The lowest BCUT2D eigenvalue weighted by Crippen LogP contribution is -2.16. The molecule has 2 aliphatic rings. The SMILES string of the molecule is C[C@]12COCc3ccccc3COCc3ccccc3COC(=O)[C@H]1C2. The van der Waals surface area contributed by atoms with E-state index in [1.54, 1.807) is 0 Å². The minimum Gasteiger partial charge on any atom is -0.461 e. The monoisotopic (exact) mass is 352 g/mol. The quantitative estimate of drug-likeness (QED) is 0.672. The Balaban J connectivity index is 1.57. The van der Waals surface area contributed by atoms with E-state index in [4.69, 9.17) is 14.2 Å². The fourth-order valence-corrected chi connectivity index (χ4v) is 3.53. The third-order valence-electron chi connectivity index (χ3n) is 5.45. The van der Waals surface area contributed by atoms with Gasteiger partial charge in [0.2, 0.25) is 0 Å². The van der Waals surface area contributed by atoms with Crippen LogP contribution < -0.4 is 0 Å². The van der Waals surface area contributed by atoms with Crippen LogP contribution in [0.4, 0.5) is 0 Å². The highest BCUT2D eigenvalue weighted by Gasteiger charge is 2.55. The zero-order valence-electron chi connectivity index (χ0n) is 15.1. The van der Waals surface area contributed by atoms with Crippen LogP contribution in [-0.2, 0) is 45.4 Å². The summed E-state index contributed by atoms with van der Waals surface area (Å²) in [5.41, 5.74) is 4.23. The average Bonchev–Trinajstić information content (AvgIpc) is 3.33. The third kappa shape index (κ3) is 3.67. The van der Waals surface area contributed by atoms with Crippen molar-refractivity contribution in [3.05, 3.63) is 70.8 Å². The standard InChI is InChI=1S/C22H24O4/c1-22-10-20(22)21(23)26-14-19-9-5-4-7-17(19)12-24-11-16-6-2-3-8-18(16)13-25-15-22/h2-9,20H,10-15H2,1H3/t20-,22+/m1/s1. The summed E-state index contributed by atoms with van der Waals surface area (Å²) in [7, 11) is 0. The van der Waals surface area contributed by atoms with E-state index in [1.165, 1.54) is 0 Å². The first-order valence-corrected chi connectivity index (χ1v) is 9.11. The van der Waals surface area contributed by atoms with Gasteiger partial charge < -0.3 is 14.2 Å². The molecule has 0 radical (unpaired) electrons. The first-order chi connectivity index (χ1) is 12.7. The summed E-state index contributed by atoms with van der Waals surface area (Å²) in [6, 6.07) is 16.2. The predicted octanol–water partition coefficient (Wildman–Crippen LogP) is 4.00. The Labute approximate surface area is 154 Å². The molecule has 1 saturated carbocycles. The van der Waals surface area contributed by atoms with Gasteiger partial charge in [0.05, 0.1) is 32.3 Å². The molecule has 0 saturated heterocycles. The van der Waals surface area contributed by atoms with Crippen LogP contribution in [0.15, 0.2) is 48.5 Å². The number of ether oxygens (including phenoxy) is 3. The minimum absolute atomic E-state index is 0.0636. The van der Waals surface area contributed by atoms with Crippen molar-refractivity contribution < 1.29 is 19.0 Å². The zero-order valence-corrected chi connectivity index (χ0v) is 15.1. The highest BCUT2D eigenvalue weighted by atomic mass is 16.5. The normalized spacial score (nSPS) is 26.3. The number of rotatable bonds is 0. The summed E-state index contributed by atoms with van der Waals surface area (Å²) in [5, 5.41) is 0. The number of fused-ring (bicyclic) bond motifs is 3. The lowest BCUT2D eigenvalue weighted by atomic mass is 10.1. The topological polar surface area (TPSA) is 44.8 Å². The highest BCUT2D eigenvalue weighted by Crippen LogP contribution is 2.53. The molecular weight excluding hydrogens is 328 g/mol. The lowest BCUT2D eigenvalue weighted by Gasteiger charge is -2.13. The van der Waals surface area contributed by atoms with Crippen molar-refractivity contribution in [1.82, 2.24) is 0 Å². The molecule has 0 N–H and O–H groups in total. The Hall–Kier alpha value is -2.17. The Kier molecular flexibility index (Phi) is 4.79. The Morgan fingerprint density at radius 3 is 1.88 bits per heavy atom. The molecule has 1 fully saturated rings. The second kappa shape index (κ2) is 7.22. The summed E-state index contributed by atoms with van der Waals surface area (Å²) in [4.78, 5) is 12.4. The molecule has 0 aromatic heterocycles. The number of hydrogen-bond acceptors (Lipinski definition) is 4. The number of carbonyl (C=O) groups is 1. The predicted molar refractivity (Wildman–Crippen MR) is 97.0 cm³/mol. The van der Waals surface area contributed by atoms with Gasteiger partial charge in [0.1, 0.15) is 6.61 Å². The molecule has 2 aromatic carbocycles. The summed E-state index contributed by atoms with van der Waals surface area (Å²) in [6.45, 7) is 4.52. The number of hydrogen-bond donors (Lipinski definition) is 0. The first-order valence-electron chi connectivity index (χ1n) is 9.11. The van der Waals surface area contributed by atoms with Gasteiger partial charge in [-0.1, -0.05) is 55.5 Å². The molecule has 4 nitrogen and oxygen atoms in total. The van der Waals surface area contributed by atoms with Crippen LogP contribution >= 0.6 is 0 Å². The van der Waals surface area contributed by atoms with E-state index in [2.05, 4.69) is 19.1 Å². The molecular formula is C22H24O4. The van der Waals surface area contributed by atoms with Crippen LogP contribution in [0.1, 0.15) is 35.6 Å². The van der Waals surface area contributed by atoms with E-state index in [0.717, 1.165) is 28.7 Å². The Morgan fingerprint density at radius 2 is 1.31 bits per heavy atom. The van der Waals surface area contributed by atoms with Gasteiger partial charge in [-0.3, -0.25) is 4.79 Å². The van der Waals surface area contributed by atoms with Gasteiger partial charge in [0.15, 0.2) is 0 Å². The van der Waals surface area contributed by atoms with Crippen LogP contribution in [0, 0.1) is 11.3 Å². The number of esters is 1. The van der Waals surface area contributed by atoms with Crippen LogP contribution in [0.5, 0.6) is 0 Å². The minimum atomic E-state index is -0.123. The molecule has 1 aliphatic heterocycles. The van der Waals surface area contributed by atoms with Crippen molar-refractivity contribution in [2.75, 3.05) is 6.61 Å². The van der Waals surface area contributed by atoms with Crippen molar-refractivity contribution in [2.24, 2.45) is 11.3 Å². The number of benzene rings is 2. The summed E-state index contributed by atoms with van der Waals surface area (Å²) >= 11 is 0. The summed E-state index contributed by atoms with van der Waals surface area (Å²) in [5.74, 6) is -0.187. The Bertz CT molecular complexity index is 800. The highest BCUT2D eigenvalue weighted by molar-refractivity contribution is 5.76.